The average molecular weight is 435 g/mol. The van der Waals surface area contributed by atoms with Crippen LogP contribution in [0, 0.1) is 0 Å². The molecule has 0 fully saturated rings. The summed E-state index contributed by atoms with van der Waals surface area (Å²) < 4.78 is 5.81. The molecule has 0 saturated carbocycles. The summed E-state index contributed by atoms with van der Waals surface area (Å²) in [5.41, 5.74) is 1.28. The van der Waals surface area contributed by atoms with E-state index in [9.17, 15) is 4.79 Å². The summed E-state index contributed by atoms with van der Waals surface area (Å²) in [6.07, 6.45) is 1.63. The van der Waals surface area contributed by atoms with Crippen LogP contribution in [-0.2, 0) is 12.3 Å². The fourth-order valence-electron chi connectivity index (χ4n) is 3.36. The van der Waals surface area contributed by atoms with Crippen molar-refractivity contribution in [2.45, 2.75) is 12.3 Å². The second-order valence-electron chi connectivity index (χ2n) is 7.62. The molecule has 2 N–H and O–H groups in total. The van der Waals surface area contributed by atoms with Gasteiger partial charge in [-0.2, -0.15) is 11.8 Å². The van der Waals surface area contributed by atoms with Gasteiger partial charge in [-0.05, 0) is 48.6 Å². The van der Waals surface area contributed by atoms with Crippen LogP contribution in [0.1, 0.15) is 11.5 Å². The van der Waals surface area contributed by atoms with Crippen LogP contribution in [-0.4, -0.2) is 41.3 Å². The van der Waals surface area contributed by atoms with E-state index in [1.807, 2.05) is 62.6 Å². The van der Waals surface area contributed by atoms with E-state index in [-0.39, 0.29) is 5.56 Å². The summed E-state index contributed by atoms with van der Waals surface area (Å²) >= 11 is 1.77. The molecule has 0 bridgehead atoms. The lowest BCUT2D eigenvalue weighted by atomic mass is 10.0. The number of fused-ring (bicyclic) bond motifs is 1. The van der Waals surface area contributed by atoms with Gasteiger partial charge >= 0.3 is 0 Å². The van der Waals surface area contributed by atoms with E-state index in [0.717, 1.165) is 45.9 Å². The van der Waals surface area contributed by atoms with Gasteiger partial charge in [-0.1, -0.05) is 36.4 Å². The normalized spacial score (nSPS) is 11.3. The summed E-state index contributed by atoms with van der Waals surface area (Å²) in [7, 11) is 4.05. The fraction of sp³-hybridized carbons (Fsp3) is 0.250. The van der Waals surface area contributed by atoms with Gasteiger partial charge in [0, 0.05) is 18.5 Å². The Bertz CT molecular complexity index is 1220. The molecule has 0 aliphatic heterocycles. The van der Waals surface area contributed by atoms with Crippen LogP contribution < -0.4 is 10.9 Å². The molecule has 0 unspecified atom stereocenters. The van der Waals surface area contributed by atoms with Crippen molar-refractivity contribution in [1.29, 1.82) is 0 Å². The number of nitrogens with one attached hydrogen (secondary N) is 2. The average Bonchev–Trinajstić information content (AvgIpc) is 3.19. The number of anilines is 1. The SMILES string of the molecule is CN(C)Cc1ccc(CSCCNc2ncc(-c3ccc4ccccc4c3)c(=O)[nH]2)o1. The van der Waals surface area contributed by atoms with Gasteiger partial charge in [-0.15, -0.1) is 0 Å². The first-order valence-corrected chi connectivity index (χ1v) is 11.4. The summed E-state index contributed by atoms with van der Waals surface area (Å²) in [6.45, 7) is 1.51. The van der Waals surface area contributed by atoms with Gasteiger partial charge in [-0.25, -0.2) is 4.98 Å². The Balaban J connectivity index is 1.29. The maximum Gasteiger partial charge on any atom is 0.260 e. The molecular formula is C24H26N4O2S. The van der Waals surface area contributed by atoms with Gasteiger partial charge in [-0.3, -0.25) is 9.78 Å². The molecule has 2 aromatic heterocycles. The Morgan fingerprint density at radius 3 is 2.68 bits per heavy atom. The molecule has 0 radical (unpaired) electrons. The lowest BCUT2D eigenvalue weighted by Gasteiger charge is -2.07. The van der Waals surface area contributed by atoms with E-state index < -0.39 is 0 Å². The zero-order valence-corrected chi connectivity index (χ0v) is 18.5. The second kappa shape index (κ2) is 9.85. The van der Waals surface area contributed by atoms with Crippen molar-refractivity contribution in [3.8, 4) is 11.1 Å². The lowest BCUT2D eigenvalue weighted by molar-refractivity contribution is 0.344. The maximum absolute atomic E-state index is 12.6. The van der Waals surface area contributed by atoms with Gasteiger partial charge < -0.3 is 14.6 Å². The van der Waals surface area contributed by atoms with Crippen molar-refractivity contribution in [3.05, 3.63) is 82.7 Å². The summed E-state index contributed by atoms with van der Waals surface area (Å²) in [5, 5.41) is 5.44. The molecule has 4 aromatic rings. The number of aromatic nitrogens is 2. The van der Waals surface area contributed by atoms with Crippen molar-refractivity contribution in [1.82, 2.24) is 14.9 Å². The molecule has 0 spiro atoms. The molecular weight excluding hydrogens is 408 g/mol. The minimum Gasteiger partial charge on any atom is -0.464 e. The quantitative estimate of drug-likeness (QED) is 0.375. The van der Waals surface area contributed by atoms with E-state index >= 15 is 0 Å². The highest BCUT2D eigenvalue weighted by atomic mass is 32.2. The van der Waals surface area contributed by atoms with Gasteiger partial charge in [0.2, 0.25) is 5.95 Å². The number of hydrogen-bond donors (Lipinski definition) is 2. The molecule has 2 aromatic carbocycles. The van der Waals surface area contributed by atoms with E-state index in [1.165, 1.54) is 0 Å². The molecule has 0 saturated heterocycles. The number of furan rings is 1. The first-order valence-electron chi connectivity index (χ1n) is 10.2. The molecule has 0 aliphatic rings. The molecule has 31 heavy (non-hydrogen) atoms. The van der Waals surface area contributed by atoms with Crippen molar-refractivity contribution in [2.24, 2.45) is 0 Å². The first kappa shape index (κ1) is 21.2. The zero-order valence-electron chi connectivity index (χ0n) is 17.7. The van der Waals surface area contributed by atoms with E-state index in [2.05, 4.69) is 26.3 Å². The van der Waals surface area contributed by atoms with Crippen LogP contribution in [0.3, 0.4) is 0 Å². The van der Waals surface area contributed by atoms with Crippen molar-refractivity contribution >= 4 is 28.5 Å². The van der Waals surface area contributed by atoms with Gasteiger partial charge in [0.25, 0.3) is 5.56 Å². The zero-order chi connectivity index (χ0) is 21.6. The highest BCUT2D eigenvalue weighted by Gasteiger charge is 2.07. The molecule has 7 heteroatoms. The van der Waals surface area contributed by atoms with E-state index in [0.29, 0.717) is 18.1 Å². The number of thioether (sulfide) groups is 1. The summed E-state index contributed by atoms with van der Waals surface area (Å²) in [6, 6.07) is 18.2. The maximum atomic E-state index is 12.6. The Morgan fingerprint density at radius 1 is 1.06 bits per heavy atom. The molecule has 0 amide bonds. The van der Waals surface area contributed by atoms with Crippen LogP contribution in [0.25, 0.3) is 21.9 Å². The van der Waals surface area contributed by atoms with Crippen molar-refractivity contribution in [2.75, 3.05) is 31.7 Å². The highest BCUT2D eigenvalue weighted by molar-refractivity contribution is 7.98. The highest BCUT2D eigenvalue weighted by Crippen LogP contribution is 2.22. The van der Waals surface area contributed by atoms with Crippen molar-refractivity contribution < 1.29 is 4.42 Å². The van der Waals surface area contributed by atoms with E-state index in [1.54, 1.807) is 18.0 Å². The van der Waals surface area contributed by atoms with E-state index in [4.69, 9.17) is 4.42 Å². The van der Waals surface area contributed by atoms with Gasteiger partial charge in [0.05, 0.1) is 17.9 Å². The molecule has 4 rings (SSSR count). The molecule has 160 valence electrons. The molecule has 0 aliphatic carbocycles. The predicted octanol–water partition coefficient (Wildman–Crippen LogP) is 4.59. The monoisotopic (exact) mass is 434 g/mol. The summed E-state index contributed by atoms with van der Waals surface area (Å²) in [4.78, 5) is 21.9. The standard InChI is InChI=1S/C24H26N4O2S/c1-28(2)15-20-9-10-21(30-20)16-31-12-11-25-24-26-14-22(23(29)27-24)19-8-7-17-5-3-4-6-18(17)13-19/h3-10,13-14H,11-12,15-16H2,1-2H3,(H2,25,26,27,29). The number of benzene rings is 2. The number of rotatable bonds is 9. The molecule has 0 atom stereocenters. The third kappa shape index (κ3) is 5.57. The largest absolute Gasteiger partial charge is 0.464 e. The van der Waals surface area contributed by atoms with Crippen LogP contribution in [0.15, 0.2) is 70.0 Å². The molecule has 6 nitrogen and oxygen atoms in total. The van der Waals surface area contributed by atoms with Crippen LogP contribution in [0.4, 0.5) is 5.95 Å². The first-order chi connectivity index (χ1) is 15.1. The van der Waals surface area contributed by atoms with Crippen molar-refractivity contribution in [3.63, 3.8) is 0 Å². The number of H-pyrrole nitrogens is 1. The minimum atomic E-state index is -0.149. The third-order valence-electron chi connectivity index (χ3n) is 4.83. The van der Waals surface area contributed by atoms with Gasteiger partial charge in [0.15, 0.2) is 0 Å². The number of hydrogen-bond acceptors (Lipinski definition) is 6. The lowest BCUT2D eigenvalue weighted by Crippen LogP contribution is -2.15. The Morgan fingerprint density at radius 2 is 1.87 bits per heavy atom. The fourth-order valence-corrected chi connectivity index (χ4v) is 4.11. The number of nitrogens with zero attached hydrogens (tertiary/aromatic N) is 2. The Kier molecular flexibility index (Phi) is 6.74. The summed E-state index contributed by atoms with van der Waals surface area (Å²) in [5.74, 6) is 4.14. The van der Waals surface area contributed by atoms with Crippen LogP contribution >= 0.6 is 11.8 Å². The smallest absolute Gasteiger partial charge is 0.260 e. The van der Waals surface area contributed by atoms with Crippen LogP contribution in [0.2, 0.25) is 0 Å². The predicted molar refractivity (Wildman–Crippen MR) is 129 cm³/mol. The topological polar surface area (TPSA) is 74.2 Å². The third-order valence-corrected chi connectivity index (χ3v) is 5.81. The number of aromatic amines is 1. The Labute approximate surface area is 185 Å². The molecule has 2 heterocycles. The Hall–Kier alpha value is -3.03. The van der Waals surface area contributed by atoms with Gasteiger partial charge in [0.1, 0.15) is 11.5 Å². The van der Waals surface area contributed by atoms with Crippen LogP contribution in [0.5, 0.6) is 0 Å². The second-order valence-corrected chi connectivity index (χ2v) is 8.73. The minimum absolute atomic E-state index is 0.149.